The Labute approximate surface area is 303 Å². The molecule has 5 aromatic rings. The predicted molar refractivity (Wildman–Crippen MR) is 197 cm³/mol. The lowest BCUT2D eigenvalue weighted by Crippen LogP contribution is -2.40. The van der Waals surface area contributed by atoms with Crippen molar-refractivity contribution < 1.29 is 28.5 Å². The molecule has 1 aliphatic heterocycles. The summed E-state index contributed by atoms with van der Waals surface area (Å²) in [6, 6.07) is 20.6. The lowest BCUT2D eigenvalue weighted by Gasteiger charge is -2.26. The summed E-state index contributed by atoms with van der Waals surface area (Å²) in [4.78, 5) is 32.8. The molecule has 2 heterocycles. The third kappa shape index (κ3) is 6.64. The fourth-order valence-electron chi connectivity index (χ4n) is 5.85. The maximum atomic E-state index is 14.3. The van der Waals surface area contributed by atoms with Crippen LogP contribution in [-0.4, -0.2) is 38.5 Å². The van der Waals surface area contributed by atoms with Gasteiger partial charge in [-0.15, -0.1) is 0 Å². The van der Waals surface area contributed by atoms with E-state index in [1.807, 2.05) is 36.4 Å². The first-order valence-electron chi connectivity index (χ1n) is 15.3. The molecule has 0 spiro atoms. The Morgan fingerprint density at radius 2 is 1.65 bits per heavy atom. The van der Waals surface area contributed by atoms with Gasteiger partial charge in [-0.25, -0.2) is 9.79 Å². The highest BCUT2D eigenvalue weighted by Crippen LogP contribution is 2.41. The number of hydrogen-bond acceptors (Lipinski definition) is 9. The monoisotopic (exact) mass is 806 g/mol. The summed E-state index contributed by atoms with van der Waals surface area (Å²) in [5.74, 6) is 1.43. The summed E-state index contributed by atoms with van der Waals surface area (Å²) >= 11 is 8.52. The highest BCUT2D eigenvalue weighted by Gasteiger charge is 2.35. The minimum Gasteiger partial charge on any atom is -0.493 e. The molecule has 0 unspecified atom stereocenters. The van der Waals surface area contributed by atoms with Gasteiger partial charge in [-0.3, -0.25) is 9.36 Å². The number of hydrogen-bond donors (Lipinski definition) is 0. The second-order valence-electron chi connectivity index (χ2n) is 11.0. The van der Waals surface area contributed by atoms with Crippen LogP contribution >= 0.6 is 43.2 Å². The summed E-state index contributed by atoms with van der Waals surface area (Å²) in [7, 11) is 4.64. The highest BCUT2D eigenvalue weighted by atomic mass is 79.9. The van der Waals surface area contributed by atoms with Gasteiger partial charge in [0.25, 0.3) is 5.56 Å². The first-order valence-corrected chi connectivity index (χ1v) is 17.7. The number of carbonyl (C=O) groups excluding carboxylic acids is 1. The van der Waals surface area contributed by atoms with E-state index in [9.17, 15) is 9.59 Å². The van der Waals surface area contributed by atoms with Crippen LogP contribution in [0.2, 0.25) is 0 Å². The van der Waals surface area contributed by atoms with Crippen molar-refractivity contribution in [2.75, 3.05) is 27.9 Å². The van der Waals surface area contributed by atoms with Crippen LogP contribution in [0.5, 0.6) is 23.0 Å². The van der Waals surface area contributed by atoms with Crippen LogP contribution in [0.3, 0.4) is 0 Å². The number of rotatable bonds is 10. The third-order valence-electron chi connectivity index (χ3n) is 8.12. The van der Waals surface area contributed by atoms with Crippen molar-refractivity contribution in [3.63, 3.8) is 0 Å². The second kappa shape index (κ2) is 14.6. The Bertz CT molecular complexity index is 2310. The van der Waals surface area contributed by atoms with E-state index in [4.69, 9.17) is 28.7 Å². The fraction of sp³-hybridized carbons (Fsp3) is 0.216. The van der Waals surface area contributed by atoms with Gasteiger partial charge in [-0.1, -0.05) is 69.7 Å². The molecule has 0 saturated carbocycles. The number of carbonyl (C=O) groups is 1. The molecule has 6 rings (SSSR count). The fourth-order valence-corrected chi connectivity index (χ4v) is 8.01. The molecule has 1 aromatic heterocycles. The molecule has 0 N–H and O–H groups in total. The van der Waals surface area contributed by atoms with Crippen LogP contribution in [-0.2, 0) is 16.1 Å². The molecule has 4 aromatic carbocycles. The maximum absolute atomic E-state index is 14.3. The molecule has 0 fully saturated rings. The van der Waals surface area contributed by atoms with E-state index in [0.29, 0.717) is 64.7 Å². The van der Waals surface area contributed by atoms with Crippen LogP contribution < -0.4 is 33.8 Å². The van der Waals surface area contributed by atoms with Gasteiger partial charge in [-0.2, -0.15) is 0 Å². The number of methoxy groups -OCH3 is 3. The minimum atomic E-state index is -0.849. The molecular weight excluding hydrogens is 776 g/mol. The molecule has 1 aliphatic rings. The van der Waals surface area contributed by atoms with Crippen LogP contribution in [0.15, 0.2) is 96.7 Å². The average molecular weight is 809 g/mol. The number of thiazole rings is 1. The highest BCUT2D eigenvalue weighted by molar-refractivity contribution is 9.10. The Morgan fingerprint density at radius 1 is 0.939 bits per heavy atom. The van der Waals surface area contributed by atoms with Crippen molar-refractivity contribution in [2.45, 2.75) is 26.5 Å². The SMILES string of the molecule is CCOC(=O)C1=C(C)N=c2s/c(=C\c3cc(Br)c(OCc4cccc5ccccc45)c(OC)c3)c(=O)n2[C@H]1c1cc(OC)c(OC)cc1Br. The molecule has 0 radical (unpaired) electrons. The maximum Gasteiger partial charge on any atom is 0.338 e. The molecule has 252 valence electrons. The Hall–Kier alpha value is -4.39. The van der Waals surface area contributed by atoms with Crippen LogP contribution in [0.25, 0.3) is 16.8 Å². The molecule has 9 nitrogen and oxygen atoms in total. The number of halogens is 2. The van der Waals surface area contributed by atoms with E-state index in [-0.39, 0.29) is 17.7 Å². The lowest BCUT2D eigenvalue weighted by molar-refractivity contribution is -0.139. The van der Waals surface area contributed by atoms with Crippen molar-refractivity contribution in [3.8, 4) is 23.0 Å². The largest absolute Gasteiger partial charge is 0.493 e. The molecule has 0 saturated heterocycles. The van der Waals surface area contributed by atoms with Gasteiger partial charge in [0.05, 0.1) is 54.3 Å². The molecule has 1 atom stereocenters. The van der Waals surface area contributed by atoms with Gasteiger partial charge in [0.15, 0.2) is 27.8 Å². The number of benzene rings is 4. The summed E-state index contributed by atoms with van der Waals surface area (Å²) in [5, 5.41) is 2.25. The van der Waals surface area contributed by atoms with E-state index >= 15 is 0 Å². The number of aromatic nitrogens is 1. The van der Waals surface area contributed by atoms with Crippen molar-refractivity contribution in [1.29, 1.82) is 0 Å². The first-order chi connectivity index (χ1) is 23.7. The number of allylic oxidation sites excluding steroid dienone is 1. The number of ether oxygens (including phenoxy) is 5. The summed E-state index contributed by atoms with van der Waals surface area (Å²) in [6.07, 6.45) is 1.77. The standard InChI is InChI=1S/C37H32Br2N2O7S/c1-6-47-36(43)32-20(2)40-37-41(33(32)25-17-28(44-3)29(45-4)18-26(25)38)35(42)31(49-37)16-21-14-27(39)34(30(15-21)46-5)48-19-23-12-9-11-22-10-7-8-13-24(22)23/h7-18,33H,6,19H2,1-5H3/b31-16-/t33-/m0/s1. The van der Waals surface area contributed by atoms with E-state index in [0.717, 1.165) is 16.3 Å². The van der Waals surface area contributed by atoms with Gasteiger partial charge in [0.2, 0.25) is 0 Å². The van der Waals surface area contributed by atoms with Crippen molar-refractivity contribution in [1.82, 2.24) is 4.57 Å². The lowest BCUT2D eigenvalue weighted by atomic mass is 9.95. The van der Waals surface area contributed by atoms with Gasteiger partial charge in [0.1, 0.15) is 6.61 Å². The van der Waals surface area contributed by atoms with E-state index in [1.165, 1.54) is 30.1 Å². The van der Waals surface area contributed by atoms with Crippen LogP contribution in [0.4, 0.5) is 0 Å². The first kappa shape index (κ1) is 34.5. The van der Waals surface area contributed by atoms with Crippen molar-refractivity contribution >= 4 is 66.0 Å². The second-order valence-corrected chi connectivity index (χ2v) is 13.7. The predicted octanol–water partition coefficient (Wildman–Crippen LogP) is 7.08. The van der Waals surface area contributed by atoms with Crippen molar-refractivity contribution in [2.24, 2.45) is 4.99 Å². The molecule has 0 amide bonds. The van der Waals surface area contributed by atoms with Gasteiger partial charge < -0.3 is 23.7 Å². The van der Waals surface area contributed by atoms with E-state index in [2.05, 4.69) is 50.1 Å². The third-order valence-corrected chi connectivity index (χ3v) is 10.4. The Morgan fingerprint density at radius 3 is 2.39 bits per heavy atom. The van der Waals surface area contributed by atoms with Crippen LogP contribution in [0.1, 0.15) is 36.6 Å². The van der Waals surface area contributed by atoms with Gasteiger partial charge in [-0.05, 0) is 87.6 Å². The molecule has 0 bridgehead atoms. The zero-order valence-electron chi connectivity index (χ0n) is 27.3. The van der Waals surface area contributed by atoms with E-state index < -0.39 is 12.0 Å². The number of esters is 1. The van der Waals surface area contributed by atoms with Crippen molar-refractivity contribution in [3.05, 3.63) is 123 Å². The minimum absolute atomic E-state index is 0.165. The van der Waals surface area contributed by atoms with Crippen LogP contribution in [0, 0.1) is 0 Å². The molecule has 12 heteroatoms. The Kier molecular flexibility index (Phi) is 10.3. The summed E-state index contributed by atoms with van der Waals surface area (Å²) < 4.78 is 31.7. The smallest absolute Gasteiger partial charge is 0.338 e. The van der Waals surface area contributed by atoms with E-state index in [1.54, 1.807) is 39.2 Å². The summed E-state index contributed by atoms with van der Waals surface area (Å²) in [6.45, 7) is 3.97. The molecular formula is C37H32Br2N2O7S. The molecule has 0 aliphatic carbocycles. The zero-order chi connectivity index (χ0) is 34.8. The van der Waals surface area contributed by atoms with Gasteiger partial charge in [0, 0.05) is 4.47 Å². The Balaban J connectivity index is 1.43. The topological polar surface area (TPSA) is 97.6 Å². The zero-order valence-corrected chi connectivity index (χ0v) is 31.3. The molecule has 49 heavy (non-hydrogen) atoms. The normalized spacial score (nSPS) is 14.3. The quantitative estimate of drug-likeness (QED) is 0.139. The average Bonchev–Trinajstić information content (AvgIpc) is 3.40. The summed E-state index contributed by atoms with van der Waals surface area (Å²) in [5.41, 5.74) is 2.75. The number of nitrogens with zero attached hydrogens (tertiary/aromatic N) is 2. The van der Waals surface area contributed by atoms with Gasteiger partial charge >= 0.3 is 5.97 Å². The number of fused-ring (bicyclic) bond motifs is 2.